The molecule has 0 saturated carbocycles. The number of nitrogens with zero attached hydrogens (tertiary/aromatic N) is 1. The van der Waals surface area contributed by atoms with Crippen LogP contribution in [0.1, 0.15) is 29.5 Å². The zero-order valence-corrected chi connectivity index (χ0v) is 12.1. The van der Waals surface area contributed by atoms with Crippen LogP contribution in [0.5, 0.6) is 5.75 Å². The number of hydrogen-bond acceptors (Lipinski definition) is 3. The molecule has 3 atom stereocenters. The van der Waals surface area contributed by atoms with Crippen molar-refractivity contribution in [2.45, 2.75) is 43.9 Å². The van der Waals surface area contributed by atoms with Gasteiger partial charge in [0, 0.05) is 18.5 Å². The molecule has 1 spiro atoms. The van der Waals surface area contributed by atoms with Gasteiger partial charge in [-0.1, -0.05) is 24.3 Å². The second-order valence-corrected chi connectivity index (χ2v) is 6.54. The van der Waals surface area contributed by atoms with E-state index < -0.39 is 0 Å². The lowest BCUT2D eigenvalue weighted by Gasteiger charge is -2.35. The van der Waals surface area contributed by atoms with Crippen LogP contribution in [0.15, 0.2) is 24.3 Å². The molecule has 1 aromatic carbocycles. The Balaban J connectivity index is 1.96. The van der Waals surface area contributed by atoms with Crippen LogP contribution < -0.4 is 4.74 Å². The first-order valence-corrected chi connectivity index (χ1v) is 7.46. The van der Waals surface area contributed by atoms with Crippen molar-refractivity contribution in [3.8, 4) is 5.75 Å². The molecule has 0 unspecified atom stereocenters. The van der Waals surface area contributed by atoms with E-state index in [0.29, 0.717) is 6.42 Å². The molecule has 0 aromatic heterocycles. The predicted molar refractivity (Wildman–Crippen MR) is 78.0 cm³/mol. The molecule has 3 aliphatic rings. The molecule has 1 N–H and O–H groups in total. The third-order valence-electron chi connectivity index (χ3n) is 5.16. The summed E-state index contributed by atoms with van der Waals surface area (Å²) in [6, 6.07) is 4.42. The molecular formula is C17H21NO2. The molecular weight excluding hydrogens is 250 g/mol. The fraction of sp³-hybridized carbons (Fsp3) is 0.529. The molecule has 0 fully saturated rings. The molecule has 20 heavy (non-hydrogen) atoms. The highest BCUT2D eigenvalue weighted by Gasteiger charge is 2.51. The summed E-state index contributed by atoms with van der Waals surface area (Å²) in [5, 5.41) is 9.95. The highest BCUT2D eigenvalue weighted by molar-refractivity contribution is 5.57. The minimum Gasteiger partial charge on any atom is -0.488 e. The van der Waals surface area contributed by atoms with E-state index in [1.807, 2.05) is 6.08 Å². The van der Waals surface area contributed by atoms with Crippen molar-refractivity contribution in [3.63, 3.8) is 0 Å². The second kappa shape index (κ2) is 4.09. The van der Waals surface area contributed by atoms with Crippen LogP contribution in [-0.2, 0) is 12.0 Å². The summed E-state index contributed by atoms with van der Waals surface area (Å²) in [6.07, 6.45) is 5.68. The van der Waals surface area contributed by atoms with Crippen molar-refractivity contribution in [1.82, 2.24) is 4.90 Å². The summed E-state index contributed by atoms with van der Waals surface area (Å²) < 4.78 is 6.29. The lowest BCUT2D eigenvalue weighted by Crippen LogP contribution is -2.42. The Labute approximate surface area is 119 Å². The summed E-state index contributed by atoms with van der Waals surface area (Å²) >= 11 is 0. The second-order valence-electron chi connectivity index (χ2n) is 6.54. The summed E-state index contributed by atoms with van der Waals surface area (Å²) in [7, 11) is 2.18. The van der Waals surface area contributed by atoms with E-state index in [2.05, 4.69) is 37.1 Å². The van der Waals surface area contributed by atoms with Gasteiger partial charge in [-0.25, -0.2) is 0 Å². The number of ether oxygens (including phenoxy) is 1. The molecule has 0 saturated heterocycles. The van der Waals surface area contributed by atoms with E-state index in [1.165, 1.54) is 16.7 Å². The number of hydrogen-bond donors (Lipinski definition) is 1. The van der Waals surface area contributed by atoms with Gasteiger partial charge in [-0.15, -0.1) is 0 Å². The van der Waals surface area contributed by atoms with Crippen LogP contribution in [0.2, 0.25) is 0 Å². The van der Waals surface area contributed by atoms with Gasteiger partial charge in [0.15, 0.2) is 0 Å². The summed E-state index contributed by atoms with van der Waals surface area (Å²) in [5.41, 5.74) is 3.95. The first-order chi connectivity index (χ1) is 9.60. The van der Waals surface area contributed by atoms with Gasteiger partial charge in [-0.3, -0.25) is 0 Å². The van der Waals surface area contributed by atoms with E-state index in [-0.39, 0.29) is 17.6 Å². The molecule has 106 valence electrons. The van der Waals surface area contributed by atoms with Crippen molar-refractivity contribution < 1.29 is 9.84 Å². The number of rotatable bonds is 0. The van der Waals surface area contributed by atoms with E-state index in [4.69, 9.17) is 4.74 Å². The van der Waals surface area contributed by atoms with Crippen molar-refractivity contribution >= 4 is 0 Å². The van der Waals surface area contributed by atoms with Crippen LogP contribution in [0, 0.1) is 6.92 Å². The van der Waals surface area contributed by atoms with E-state index in [9.17, 15) is 5.11 Å². The Bertz CT molecular complexity index is 595. The first kappa shape index (κ1) is 12.4. The van der Waals surface area contributed by atoms with Crippen LogP contribution >= 0.6 is 0 Å². The zero-order chi connectivity index (χ0) is 13.9. The van der Waals surface area contributed by atoms with Crippen molar-refractivity contribution in [2.24, 2.45) is 0 Å². The van der Waals surface area contributed by atoms with Crippen LogP contribution in [-0.4, -0.2) is 35.8 Å². The molecule has 1 aromatic rings. The smallest absolute Gasteiger partial charge is 0.127 e. The molecule has 0 amide bonds. The number of aliphatic hydroxyl groups is 1. The summed E-state index contributed by atoms with van der Waals surface area (Å²) in [5.74, 6) is 1.07. The van der Waals surface area contributed by atoms with Gasteiger partial charge >= 0.3 is 0 Å². The lowest BCUT2D eigenvalue weighted by atomic mass is 9.69. The van der Waals surface area contributed by atoms with Crippen molar-refractivity contribution in [2.75, 3.05) is 13.6 Å². The lowest BCUT2D eigenvalue weighted by molar-refractivity contribution is 0.0833. The Morgan fingerprint density at radius 1 is 1.40 bits per heavy atom. The maximum Gasteiger partial charge on any atom is 0.127 e. The van der Waals surface area contributed by atoms with Gasteiger partial charge in [0.05, 0.1) is 11.5 Å². The van der Waals surface area contributed by atoms with Crippen molar-refractivity contribution in [3.05, 3.63) is 41.0 Å². The fourth-order valence-corrected chi connectivity index (χ4v) is 4.07. The molecule has 4 rings (SSSR count). The average molecular weight is 271 g/mol. The van der Waals surface area contributed by atoms with Gasteiger partial charge in [-0.05, 0) is 38.1 Å². The van der Waals surface area contributed by atoms with Crippen LogP contribution in [0.3, 0.4) is 0 Å². The molecule has 2 aliphatic heterocycles. The number of benzene rings is 1. The minimum atomic E-state index is -0.371. The highest BCUT2D eigenvalue weighted by atomic mass is 16.5. The minimum absolute atomic E-state index is 0.0271. The summed E-state index contributed by atoms with van der Waals surface area (Å²) in [6.45, 7) is 4.17. The standard InChI is InChI=1S/C17H21NO2/c1-11-3-4-12-10-18(2)8-7-17-6-5-13(19)9-14(17)20-16(11)15(12)17/h3-6,13-14,19H,7-10H2,1-2H3/t13-,14-,17-/m0/s1. The maximum atomic E-state index is 9.95. The van der Waals surface area contributed by atoms with Crippen molar-refractivity contribution in [1.29, 1.82) is 0 Å². The van der Waals surface area contributed by atoms with E-state index in [0.717, 1.165) is 25.3 Å². The Hall–Kier alpha value is -1.32. The molecule has 2 heterocycles. The first-order valence-electron chi connectivity index (χ1n) is 7.46. The fourth-order valence-electron chi connectivity index (χ4n) is 4.07. The number of aryl methyl sites for hydroxylation is 1. The highest BCUT2D eigenvalue weighted by Crippen LogP contribution is 2.53. The SMILES string of the molecule is Cc1ccc2c3c1O[C@H]1C[C@@H](O)C=C[C@@]31CCN(C)C2. The Morgan fingerprint density at radius 2 is 2.25 bits per heavy atom. The van der Waals surface area contributed by atoms with Gasteiger partial charge in [0.25, 0.3) is 0 Å². The topological polar surface area (TPSA) is 32.7 Å². The Kier molecular flexibility index (Phi) is 2.54. The van der Waals surface area contributed by atoms with Gasteiger partial charge in [0.1, 0.15) is 11.9 Å². The van der Waals surface area contributed by atoms with Gasteiger partial charge in [0.2, 0.25) is 0 Å². The molecule has 0 bridgehead atoms. The summed E-state index contributed by atoms with van der Waals surface area (Å²) in [4.78, 5) is 2.38. The molecule has 3 nitrogen and oxygen atoms in total. The normalized spacial score (nSPS) is 35.1. The Morgan fingerprint density at radius 3 is 3.10 bits per heavy atom. The molecule has 3 heteroatoms. The maximum absolute atomic E-state index is 9.95. The van der Waals surface area contributed by atoms with E-state index >= 15 is 0 Å². The predicted octanol–water partition coefficient (Wildman–Crippen LogP) is 2.15. The third-order valence-corrected chi connectivity index (χ3v) is 5.16. The van der Waals surface area contributed by atoms with Gasteiger partial charge < -0.3 is 14.7 Å². The molecule has 0 radical (unpaired) electrons. The van der Waals surface area contributed by atoms with Crippen LogP contribution in [0.25, 0.3) is 0 Å². The van der Waals surface area contributed by atoms with Crippen LogP contribution in [0.4, 0.5) is 0 Å². The van der Waals surface area contributed by atoms with Gasteiger partial charge in [-0.2, -0.15) is 0 Å². The van der Waals surface area contributed by atoms with E-state index in [1.54, 1.807) is 0 Å². The number of aliphatic hydroxyl groups excluding tert-OH is 1. The average Bonchev–Trinajstić information content (AvgIpc) is 2.68. The largest absolute Gasteiger partial charge is 0.488 e. The quantitative estimate of drug-likeness (QED) is 0.734. The molecule has 1 aliphatic carbocycles. The zero-order valence-electron chi connectivity index (χ0n) is 12.1. The monoisotopic (exact) mass is 271 g/mol. The third kappa shape index (κ3) is 1.54.